The van der Waals surface area contributed by atoms with E-state index in [1.807, 2.05) is 38.1 Å². The first-order valence-electron chi connectivity index (χ1n) is 5.94. The van der Waals surface area contributed by atoms with E-state index in [1.54, 1.807) is 6.07 Å². The van der Waals surface area contributed by atoms with Crippen LogP contribution in [0.5, 0.6) is 11.5 Å². The molecule has 0 aliphatic heterocycles. The highest BCUT2D eigenvalue weighted by molar-refractivity contribution is 9.10. The normalized spacial score (nSPS) is 10.6. The van der Waals surface area contributed by atoms with Gasteiger partial charge in [0.15, 0.2) is 0 Å². The summed E-state index contributed by atoms with van der Waals surface area (Å²) in [6, 6.07) is 9.46. The zero-order valence-electron chi connectivity index (χ0n) is 10.8. The molecule has 2 aromatic rings. The molecule has 0 aliphatic carbocycles. The van der Waals surface area contributed by atoms with E-state index in [4.69, 9.17) is 22.1 Å². The second-order valence-electron chi connectivity index (χ2n) is 4.43. The van der Waals surface area contributed by atoms with Crippen LogP contribution < -0.4 is 10.5 Å². The van der Waals surface area contributed by atoms with Crippen molar-refractivity contribution in [3.8, 4) is 11.5 Å². The van der Waals surface area contributed by atoms with Crippen molar-refractivity contribution in [3.63, 3.8) is 0 Å². The van der Waals surface area contributed by atoms with Crippen LogP contribution in [0.4, 0.5) is 0 Å². The number of benzene rings is 2. The first kappa shape index (κ1) is 14.4. The van der Waals surface area contributed by atoms with Crippen molar-refractivity contribution >= 4 is 27.5 Å². The predicted molar refractivity (Wildman–Crippen MR) is 83.0 cm³/mol. The van der Waals surface area contributed by atoms with Crippen molar-refractivity contribution in [2.45, 2.75) is 20.4 Å². The molecule has 0 saturated carbocycles. The van der Waals surface area contributed by atoms with Crippen molar-refractivity contribution in [3.05, 3.63) is 56.5 Å². The molecule has 0 spiro atoms. The van der Waals surface area contributed by atoms with Gasteiger partial charge in [-0.25, -0.2) is 0 Å². The summed E-state index contributed by atoms with van der Waals surface area (Å²) < 4.78 is 7.02. The molecule has 4 heteroatoms. The second-order valence-corrected chi connectivity index (χ2v) is 5.66. The summed E-state index contributed by atoms with van der Waals surface area (Å²) in [5, 5.41) is 0.663. The van der Waals surface area contributed by atoms with Gasteiger partial charge in [0.1, 0.15) is 11.5 Å². The van der Waals surface area contributed by atoms with Gasteiger partial charge in [-0.05, 0) is 55.3 Å². The van der Waals surface area contributed by atoms with Gasteiger partial charge in [-0.15, -0.1) is 0 Å². The number of halogens is 2. The lowest BCUT2D eigenvalue weighted by molar-refractivity contribution is 0.475. The number of rotatable bonds is 3. The lowest BCUT2D eigenvalue weighted by Crippen LogP contribution is -1.99. The van der Waals surface area contributed by atoms with E-state index in [0.717, 1.165) is 32.7 Å². The van der Waals surface area contributed by atoms with E-state index in [1.165, 1.54) is 0 Å². The standard InChI is InChI=1S/C15H15BrClNO/c1-9-5-13(6-10(2)15(9)16)19-14-4-3-12(17)7-11(14)8-18/h3-7H,8,18H2,1-2H3. The minimum absolute atomic E-state index is 0.393. The van der Waals surface area contributed by atoms with Gasteiger partial charge in [-0.1, -0.05) is 27.5 Å². The summed E-state index contributed by atoms with van der Waals surface area (Å²) in [5.41, 5.74) is 8.88. The van der Waals surface area contributed by atoms with Crippen LogP contribution >= 0.6 is 27.5 Å². The Labute approximate surface area is 126 Å². The zero-order valence-corrected chi connectivity index (χ0v) is 13.2. The molecular weight excluding hydrogens is 326 g/mol. The van der Waals surface area contributed by atoms with Gasteiger partial charge in [0.2, 0.25) is 0 Å². The molecule has 0 aromatic heterocycles. The topological polar surface area (TPSA) is 35.2 Å². The maximum absolute atomic E-state index is 5.95. The van der Waals surface area contributed by atoms with Crippen LogP contribution in [0, 0.1) is 13.8 Å². The molecule has 0 aliphatic rings. The molecule has 0 radical (unpaired) electrons. The molecule has 0 saturated heterocycles. The Balaban J connectivity index is 2.36. The quantitative estimate of drug-likeness (QED) is 0.856. The van der Waals surface area contributed by atoms with E-state index >= 15 is 0 Å². The summed E-state index contributed by atoms with van der Waals surface area (Å²) in [5.74, 6) is 1.54. The molecule has 19 heavy (non-hydrogen) atoms. The van der Waals surface area contributed by atoms with Crippen molar-refractivity contribution in [1.82, 2.24) is 0 Å². The van der Waals surface area contributed by atoms with Gasteiger partial charge < -0.3 is 10.5 Å². The van der Waals surface area contributed by atoms with Gasteiger partial charge in [0.05, 0.1) is 0 Å². The first-order valence-corrected chi connectivity index (χ1v) is 7.11. The van der Waals surface area contributed by atoms with Crippen LogP contribution in [-0.2, 0) is 6.54 Å². The fourth-order valence-corrected chi connectivity index (χ4v) is 2.32. The van der Waals surface area contributed by atoms with Crippen LogP contribution in [0.1, 0.15) is 16.7 Å². The van der Waals surface area contributed by atoms with Gasteiger partial charge in [-0.2, -0.15) is 0 Å². The van der Waals surface area contributed by atoms with E-state index in [-0.39, 0.29) is 0 Å². The average molecular weight is 341 g/mol. The molecule has 0 bridgehead atoms. The third kappa shape index (κ3) is 3.30. The van der Waals surface area contributed by atoms with E-state index in [2.05, 4.69) is 15.9 Å². The van der Waals surface area contributed by atoms with E-state index in [0.29, 0.717) is 11.6 Å². The molecule has 0 heterocycles. The van der Waals surface area contributed by atoms with Crippen molar-refractivity contribution in [1.29, 1.82) is 0 Å². The summed E-state index contributed by atoms with van der Waals surface area (Å²) >= 11 is 9.50. The Morgan fingerprint density at radius 1 is 1.16 bits per heavy atom. The number of hydrogen-bond acceptors (Lipinski definition) is 2. The Morgan fingerprint density at radius 3 is 2.37 bits per heavy atom. The second kappa shape index (κ2) is 5.95. The Morgan fingerprint density at radius 2 is 1.79 bits per heavy atom. The molecule has 2 rings (SSSR count). The Bertz CT molecular complexity index is 590. The summed E-state index contributed by atoms with van der Waals surface area (Å²) in [4.78, 5) is 0. The monoisotopic (exact) mass is 339 g/mol. The first-order chi connectivity index (χ1) is 9.01. The minimum atomic E-state index is 0.393. The highest BCUT2D eigenvalue weighted by Gasteiger charge is 2.07. The number of ether oxygens (including phenoxy) is 1. The van der Waals surface area contributed by atoms with Crippen LogP contribution in [0.15, 0.2) is 34.8 Å². The third-order valence-corrected chi connectivity index (χ3v) is 4.37. The molecular formula is C15H15BrClNO. The Kier molecular flexibility index (Phi) is 4.50. The van der Waals surface area contributed by atoms with Crippen molar-refractivity contribution < 1.29 is 4.74 Å². The highest BCUT2D eigenvalue weighted by Crippen LogP contribution is 2.31. The van der Waals surface area contributed by atoms with Gasteiger partial charge in [0, 0.05) is 21.6 Å². The molecule has 0 fully saturated rings. The van der Waals surface area contributed by atoms with Crippen molar-refractivity contribution in [2.24, 2.45) is 5.73 Å². The van der Waals surface area contributed by atoms with Crippen LogP contribution in [0.2, 0.25) is 5.02 Å². The minimum Gasteiger partial charge on any atom is -0.457 e. The summed E-state index contributed by atoms with van der Waals surface area (Å²) in [6.45, 7) is 4.47. The molecule has 100 valence electrons. The lowest BCUT2D eigenvalue weighted by atomic mass is 10.1. The lowest BCUT2D eigenvalue weighted by Gasteiger charge is -2.12. The largest absolute Gasteiger partial charge is 0.457 e. The van der Waals surface area contributed by atoms with Crippen LogP contribution in [0.3, 0.4) is 0 Å². The zero-order chi connectivity index (χ0) is 14.0. The SMILES string of the molecule is Cc1cc(Oc2ccc(Cl)cc2CN)cc(C)c1Br. The molecule has 2 nitrogen and oxygen atoms in total. The number of hydrogen-bond donors (Lipinski definition) is 1. The maximum atomic E-state index is 5.95. The third-order valence-electron chi connectivity index (χ3n) is 2.88. The molecule has 0 amide bonds. The molecule has 0 atom stereocenters. The van der Waals surface area contributed by atoms with Crippen molar-refractivity contribution in [2.75, 3.05) is 0 Å². The van der Waals surface area contributed by atoms with E-state index < -0.39 is 0 Å². The molecule has 2 aromatic carbocycles. The predicted octanol–water partition coefficient (Wildman–Crippen LogP) is 4.97. The van der Waals surface area contributed by atoms with E-state index in [9.17, 15) is 0 Å². The van der Waals surface area contributed by atoms with Gasteiger partial charge in [0.25, 0.3) is 0 Å². The molecule has 0 unspecified atom stereocenters. The Hall–Kier alpha value is -1.03. The highest BCUT2D eigenvalue weighted by atomic mass is 79.9. The molecule has 2 N–H and O–H groups in total. The summed E-state index contributed by atoms with van der Waals surface area (Å²) in [6.07, 6.45) is 0. The fourth-order valence-electron chi connectivity index (χ4n) is 1.90. The fraction of sp³-hybridized carbons (Fsp3) is 0.200. The summed E-state index contributed by atoms with van der Waals surface area (Å²) in [7, 11) is 0. The number of nitrogens with two attached hydrogens (primary N) is 1. The average Bonchev–Trinajstić information content (AvgIpc) is 2.38. The number of aryl methyl sites for hydroxylation is 2. The van der Waals surface area contributed by atoms with Crippen LogP contribution in [-0.4, -0.2) is 0 Å². The van der Waals surface area contributed by atoms with Gasteiger partial charge in [-0.3, -0.25) is 0 Å². The van der Waals surface area contributed by atoms with Crippen LogP contribution in [0.25, 0.3) is 0 Å². The smallest absolute Gasteiger partial charge is 0.132 e. The maximum Gasteiger partial charge on any atom is 0.132 e. The van der Waals surface area contributed by atoms with Gasteiger partial charge >= 0.3 is 0 Å².